The van der Waals surface area contributed by atoms with E-state index in [1.807, 2.05) is 18.2 Å². The maximum absolute atomic E-state index is 8.39. The Kier molecular flexibility index (Phi) is 5.91. The van der Waals surface area contributed by atoms with Gasteiger partial charge in [0.05, 0.1) is 17.1 Å². The maximum atomic E-state index is 8.39. The standard InChI is InChI=1S/C12H15BrN2O/c13-11-6-4-5-10(9-15)12(11)16-8-3-1-2-7-14/h4-6H,1-3,8-9,15H2. The van der Waals surface area contributed by atoms with Gasteiger partial charge >= 0.3 is 0 Å². The molecular formula is C12H15BrN2O. The largest absolute Gasteiger partial charge is 0.492 e. The molecule has 0 heterocycles. The highest BCUT2D eigenvalue weighted by atomic mass is 79.9. The van der Waals surface area contributed by atoms with E-state index in [2.05, 4.69) is 22.0 Å². The summed E-state index contributed by atoms with van der Waals surface area (Å²) >= 11 is 3.44. The van der Waals surface area contributed by atoms with Crippen LogP contribution in [0.25, 0.3) is 0 Å². The van der Waals surface area contributed by atoms with Gasteiger partial charge in [-0.15, -0.1) is 0 Å². The molecule has 0 spiro atoms. The van der Waals surface area contributed by atoms with Crippen molar-refractivity contribution in [2.45, 2.75) is 25.8 Å². The smallest absolute Gasteiger partial charge is 0.137 e. The number of para-hydroxylation sites is 1. The lowest BCUT2D eigenvalue weighted by molar-refractivity contribution is 0.303. The molecule has 0 saturated carbocycles. The quantitative estimate of drug-likeness (QED) is 0.816. The molecule has 0 amide bonds. The zero-order valence-electron chi connectivity index (χ0n) is 9.08. The third-order valence-electron chi connectivity index (χ3n) is 2.20. The van der Waals surface area contributed by atoms with E-state index in [0.29, 0.717) is 19.6 Å². The van der Waals surface area contributed by atoms with E-state index in [-0.39, 0.29) is 0 Å². The minimum atomic E-state index is 0.465. The Labute approximate surface area is 104 Å². The molecule has 4 heteroatoms. The summed E-state index contributed by atoms with van der Waals surface area (Å²) in [7, 11) is 0. The molecule has 86 valence electrons. The van der Waals surface area contributed by atoms with Gasteiger partial charge in [-0.2, -0.15) is 5.26 Å². The van der Waals surface area contributed by atoms with Crippen molar-refractivity contribution in [1.29, 1.82) is 5.26 Å². The first-order chi connectivity index (χ1) is 7.79. The molecule has 0 fully saturated rings. The number of rotatable bonds is 6. The summed E-state index contributed by atoms with van der Waals surface area (Å²) in [5, 5.41) is 8.39. The molecule has 3 nitrogen and oxygen atoms in total. The summed E-state index contributed by atoms with van der Waals surface area (Å²) in [5.74, 6) is 0.821. The van der Waals surface area contributed by atoms with Crippen LogP contribution in [0.1, 0.15) is 24.8 Å². The van der Waals surface area contributed by atoms with Gasteiger partial charge in [0.15, 0.2) is 0 Å². The summed E-state index contributed by atoms with van der Waals surface area (Å²) in [5.41, 5.74) is 6.62. The summed E-state index contributed by atoms with van der Waals surface area (Å²) in [4.78, 5) is 0. The van der Waals surface area contributed by atoms with Gasteiger partial charge in [0.1, 0.15) is 5.75 Å². The lowest BCUT2D eigenvalue weighted by Gasteiger charge is -2.11. The third-order valence-corrected chi connectivity index (χ3v) is 2.82. The zero-order valence-corrected chi connectivity index (χ0v) is 10.7. The first-order valence-electron chi connectivity index (χ1n) is 5.26. The summed E-state index contributed by atoms with van der Waals surface area (Å²) in [6.45, 7) is 1.09. The third kappa shape index (κ3) is 3.84. The number of hydrogen-bond acceptors (Lipinski definition) is 3. The Bertz CT molecular complexity index is 374. The van der Waals surface area contributed by atoms with E-state index in [1.165, 1.54) is 0 Å². The van der Waals surface area contributed by atoms with Gasteiger partial charge in [0, 0.05) is 18.5 Å². The van der Waals surface area contributed by atoms with Gasteiger partial charge in [-0.1, -0.05) is 12.1 Å². The molecule has 1 aromatic carbocycles. The van der Waals surface area contributed by atoms with Gasteiger partial charge in [-0.3, -0.25) is 0 Å². The molecule has 0 bridgehead atoms. The molecule has 0 aliphatic heterocycles. The predicted octanol–water partition coefficient (Wildman–Crippen LogP) is 2.98. The minimum absolute atomic E-state index is 0.465. The number of nitrogens with zero attached hydrogens (tertiary/aromatic N) is 1. The van der Waals surface area contributed by atoms with Crippen molar-refractivity contribution in [2.75, 3.05) is 6.61 Å². The van der Waals surface area contributed by atoms with Crippen molar-refractivity contribution in [2.24, 2.45) is 5.73 Å². The van der Waals surface area contributed by atoms with Crippen molar-refractivity contribution in [3.63, 3.8) is 0 Å². The second kappa shape index (κ2) is 7.26. The predicted molar refractivity (Wildman–Crippen MR) is 67.0 cm³/mol. The number of ether oxygens (including phenoxy) is 1. The van der Waals surface area contributed by atoms with Crippen molar-refractivity contribution in [3.05, 3.63) is 28.2 Å². The minimum Gasteiger partial charge on any atom is -0.492 e. The van der Waals surface area contributed by atoms with Crippen LogP contribution >= 0.6 is 15.9 Å². The van der Waals surface area contributed by atoms with E-state index < -0.39 is 0 Å². The molecule has 0 aliphatic carbocycles. The summed E-state index contributed by atoms with van der Waals surface area (Å²) in [6, 6.07) is 7.94. The average Bonchev–Trinajstić information content (AvgIpc) is 2.30. The van der Waals surface area contributed by atoms with Crippen molar-refractivity contribution >= 4 is 15.9 Å². The molecule has 16 heavy (non-hydrogen) atoms. The van der Waals surface area contributed by atoms with E-state index in [4.69, 9.17) is 15.7 Å². The van der Waals surface area contributed by atoms with Crippen LogP contribution in [0.5, 0.6) is 5.75 Å². The van der Waals surface area contributed by atoms with Gasteiger partial charge in [0.2, 0.25) is 0 Å². The second-order valence-electron chi connectivity index (χ2n) is 3.40. The van der Waals surface area contributed by atoms with Gasteiger partial charge < -0.3 is 10.5 Å². The number of unbranched alkanes of at least 4 members (excludes halogenated alkanes) is 2. The van der Waals surface area contributed by atoms with Crippen molar-refractivity contribution in [3.8, 4) is 11.8 Å². The highest BCUT2D eigenvalue weighted by Crippen LogP contribution is 2.28. The van der Waals surface area contributed by atoms with Crippen LogP contribution in [0.4, 0.5) is 0 Å². The molecule has 0 unspecified atom stereocenters. The molecular weight excluding hydrogens is 268 g/mol. The van der Waals surface area contributed by atoms with Crippen LogP contribution in [-0.4, -0.2) is 6.61 Å². The lowest BCUT2D eigenvalue weighted by atomic mass is 10.2. The topological polar surface area (TPSA) is 59.0 Å². The van der Waals surface area contributed by atoms with Crippen LogP contribution in [0, 0.1) is 11.3 Å². The normalized spacial score (nSPS) is 9.81. The number of nitrogens with two attached hydrogens (primary N) is 1. The molecule has 0 saturated heterocycles. The molecule has 0 aliphatic rings. The Morgan fingerprint density at radius 3 is 2.88 bits per heavy atom. The van der Waals surface area contributed by atoms with Gasteiger partial charge in [-0.25, -0.2) is 0 Å². The fourth-order valence-corrected chi connectivity index (χ4v) is 1.88. The fraction of sp³-hybridized carbons (Fsp3) is 0.417. The second-order valence-corrected chi connectivity index (χ2v) is 4.25. The number of hydrogen-bond donors (Lipinski definition) is 1. The maximum Gasteiger partial charge on any atom is 0.137 e. The summed E-state index contributed by atoms with van der Waals surface area (Å²) < 4.78 is 6.60. The molecule has 0 atom stereocenters. The highest BCUT2D eigenvalue weighted by molar-refractivity contribution is 9.10. The molecule has 0 aromatic heterocycles. The van der Waals surface area contributed by atoms with E-state index >= 15 is 0 Å². The fourth-order valence-electron chi connectivity index (χ4n) is 1.36. The van der Waals surface area contributed by atoms with Crippen LogP contribution in [0.3, 0.4) is 0 Å². The van der Waals surface area contributed by atoms with Gasteiger partial charge in [-0.05, 0) is 34.8 Å². The monoisotopic (exact) mass is 282 g/mol. The number of benzene rings is 1. The van der Waals surface area contributed by atoms with Crippen LogP contribution in [-0.2, 0) is 6.54 Å². The highest BCUT2D eigenvalue weighted by Gasteiger charge is 2.06. The average molecular weight is 283 g/mol. The lowest BCUT2D eigenvalue weighted by Crippen LogP contribution is -2.04. The first kappa shape index (κ1) is 13.0. The molecule has 1 rings (SSSR count). The number of nitriles is 1. The van der Waals surface area contributed by atoms with E-state index in [0.717, 1.165) is 28.6 Å². The zero-order chi connectivity index (χ0) is 11.8. The van der Waals surface area contributed by atoms with Crippen molar-refractivity contribution < 1.29 is 4.74 Å². The van der Waals surface area contributed by atoms with Crippen LogP contribution < -0.4 is 10.5 Å². The molecule has 0 radical (unpaired) electrons. The molecule has 2 N–H and O–H groups in total. The van der Waals surface area contributed by atoms with Crippen LogP contribution in [0.2, 0.25) is 0 Å². The molecule has 1 aromatic rings. The Morgan fingerprint density at radius 2 is 2.19 bits per heavy atom. The van der Waals surface area contributed by atoms with Crippen molar-refractivity contribution in [1.82, 2.24) is 0 Å². The van der Waals surface area contributed by atoms with Gasteiger partial charge in [0.25, 0.3) is 0 Å². The Hall–Kier alpha value is -1.05. The number of halogens is 1. The Balaban J connectivity index is 2.50. The summed E-state index contributed by atoms with van der Waals surface area (Å²) in [6.07, 6.45) is 2.35. The van der Waals surface area contributed by atoms with E-state index in [9.17, 15) is 0 Å². The van der Waals surface area contributed by atoms with Crippen LogP contribution in [0.15, 0.2) is 22.7 Å². The Morgan fingerprint density at radius 1 is 1.38 bits per heavy atom. The van der Waals surface area contributed by atoms with E-state index in [1.54, 1.807) is 0 Å². The first-order valence-corrected chi connectivity index (χ1v) is 6.06. The SMILES string of the molecule is N#CCCCCOc1c(Br)cccc1CN.